The van der Waals surface area contributed by atoms with Crippen molar-refractivity contribution in [3.8, 4) is 0 Å². The van der Waals surface area contributed by atoms with E-state index in [1.807, 2.05) is 0 Å². The minimum absolute atomic E-state index is 0.159. The van der Waals surface area contributed by atoms with Crippen LogP contribution in [-0.4, -0.2) is 44.5 Å². The minimum atomic E-state index is -3.48. The van der Waals surface area contributed by atoms with E-state index in [-0.39, 0.29) is 4.90 Å². The molecule has 0 spiro atoms. The smallest absolute Gasteiger partial charge is 0.242 e. The van der Waals surface area contributed by atoms with Gasteiger partial charge in [0, 0.05) is 19.3 Å². The van der Waals surface area contributed by atoms with Crippen molar-refractivity contribution in [2.75, 3.05) is 31.9 Å². The molecule has 0 aromatic carbocycles. The van der Waals surface area contributed by atoms with E-state index in [4.69, 9.17) is 5.73 Å². The number of pyridine rings is 1. The number of hydrogen-bond donors (Lipinski definition) is 2. The molecule has 106 valence electrons. The van der Waals surface area contributed by atoms with Crippen LogP contribution < -0.4 is 10.5 Å². The number of sulfonamides is 1. The Morgan fingerprint density at radius 2 is 2.32 bits per heavy atom. The molecule has 1 aliphatic rings. The average molecular weight is 284 g/mol. The number of nitrogens with one attached hydrogen (secondary N) is 1. The van der Waals surface area contributed by atoms with Crippen molar-refractivity contribution in [3.05, 3.63) is 18.3 Å². The molecular formula is C12H20N4O2S. The van der Waals surface area contributed by atoms with Gasteiger partial charge in [-0.1, -0.05) is 6.92 Å². The average Bonchev–Trinajstić information content (AvgIpc) is 2.85. The van der Waals surface area contributed by atoms with Crippen LogP contribution in [0.2, 0.25) is 0 Å². The van der Waals surface area contributed by atoms with Gasteiger partial charge in [-0.25, -0.2) is 18.1 Å². The van der Waals surface area contributed by atoms with Gasteiger partial charge < -0.3 is 10.6 Å². The molecule has 0 radical (unpaired) electrons. The molecule has 6 nitrogen and oxygen atoms in total. The maximum absolute atomic E-state index is 12.0. The van der Waals surface area contributed by atoms with Gasteiger partial charge >= 0.3 is 0 Å². The van der Waals surface area contributed by atoms with Crippen LogP contribution in [0.25, 0.3) is 0 Å². The number of anilines is 1. The fourth-order valence-electron chi connectivity index (χ4n) is 2.23. The number of likely N-dealkylation sites (tertiary alicyclic amines) is 1. The summed E-state index contributed by atoms with van der Waals surface area (Å²) in [6, 6.07) is 2.96. The van der Waals surface area contributed by atoms with E-state index in [0.717, 1.165) is 26.1 Å². The lowest BCUT2D eigenvalue weighted by Crippen LogP contribution is -2.31. The van der Waals surface area contributed by atoms with Crippen LogP contribution in [0.3, 0.4) is 0 Å². The highest BCUT2D eigenvalue weighted by molar-refractivity contribution is 7.89. The van der Waals surface area contributed by atoms with Crippen molar-refractivity contribution >= 4 is 15.8 Å². The van der Waals surface area contributed by atoms with Crippen LogP contribution in [-0.2, 0) is 10.0 Å². The Balaban J connectivity index is 1.93. The van der Waals surface area contributed by atoms with Gasteiger partial charge in [0.2, 0.25) is 10.0 Å². The van der Waals surface area contributed by atoms with Crippen molar-refractivity contribution in [2.24, 2.45) is 5.92 Å². The molecule has 0 saturated carbocycles. The van der Waals surface area contributed by atoms with Crippen LogP contribution in [0.15, 0.2) is 23.2 Å². The molecule has 1 saturated heterocycles. The van der Waals surface area contributed by atoms with Gasteiger partial charge in [-0.3, -0.25) is 0 Å². The van der Waals surface area contributed by atoms with Crippen molar-refractivity contribution in [3.63, 3.8) is 0 Å². The highest BCUT2D eigenvalue weighted by Gasteiger charge is 2.23. The maximum Gasteiger partial charge on any atom is 0.242 e. The van der Waals surface area contributed by atoms with Gasteiger partial charge in [0.15, 0.2) is 0 Å². The van der Waals surface area contributed by atoms with E-state index in [0.29, 0.717) is 18.3 Å². The molecule has 2 rings (SSSR count). The van der Waals surface area contributed by atoms with E-state index < -0.39 is 10.0 Å². The second-order valence-electron chi connectivity index (χ2n) is 4.82. The van der Waals surface area contributed by atoms with Crippen molar-refractivity contribution in [1.29, 1.82) is 0 Å². The summed E-state index contributed by atoms with van der Waals surface area (Å²) < 4.78 is 26.7. The van der Waals surface area contributed by atoms with Crippen LogP contribution in [0.4, 0.5) is 5.82 Å². The molecular weight excluding hydrogens is 264 g/mol. The Morgan fingerprint density at radius 3 is 2.89 bits per heavy atom. The third-order valence-corrected chi connectivity index (χ3v) is 4.86. The second-order valence-corrected chi connectivity index (χ2v) is 6.59. The van der Waals surface area contributed by atoms with E-state index in [1.165, 1.54) is 18.3 Å². The zero-order chi connectivity index (χ0) is 13.9. The van der Waals surface area contributed by atoms with Crippen molar-refractivity contribution in [1.82, 2.24) is 14.6 Å². The summed E-state index contributed by atoms with van der Waals surface area (Å²) in [5.74, 6) is 0.699. The summed E-state index contributed by atoms with van der Waals surface area (Å²) in [5, 5.41) is 0. The summed E-state index contributed by atoms with van der Waals surface area (Å²) in [6.45, 7) is 5.62. The highest BCUT2D eigenvalue weighted by atomic mass is 32.2. The number of rotatable bonds is 5. The predicted octanol–water partition coefficient (Wildman–Crippen LogP) is 0.284. The van der Waals surface area contributed by atoms with Crippen LogP contribution in [0, 0.1) is 5.92 Å². The molecule has 7 heteroatoms. The molecule has 2 heterocycles. The number of nitrogens with zero attached hydrogens (tertiary/aromatic N) is 2. The Bertz CT molecular complexity index is 515. The number of hydrogen-bond acceptors (Lipinski definition) is 5. The zero-order valence-electron chi connectivity index (χ0n) is 11.0. The van der Waals surface area contributed by atoms with Crippen LogP contribution in [0.1, 0.15) is 13.3 Å². The minimum Gasteiger partial charge on any atom is -0.384 e. The fourth-order valence-corrected chi connectivity index (χ4v) is 3.29. The lowest BCUT2D eigenvalue weighted by Gasteiger charge is -2.13. The molecule has 1 unspecified atom stereocenters. The van der Waals surface area contributed by atoms with E-state index >= 15 is 0 Å². The maximum atomic E-state index is 12.0. The fraction of sp³-hybridized carbons (Fsp3) is 0.583. The first-order valence-corrected chi connectivity index (χ1v) is 7.93. The SMILES string of the molecule is CCN1CCC(CNS(=O)(=O)c2ccc(N)nc2)C1. The number of aromatic nitrogens is 1. The van der Waals surface area contributed by atoms with Crippen LogP contribution in [0.5, 0.6) is 0 Å². The van der Waals surface area contributed by atoms with Crippen molar-refractivity contribution < 1.29 is 8.42 Å². The molecule has 3 N–H and O–H groups in total. The zero-order valence-corrected chi connectivity index (χ0v) is 11.9. The van der Waals surface area contributed by atoms with Gasteiger partial charge in [-0.05, 0) is 37.6 Å². The van der Waals surface area contributed by atoms with Crippen LogP contribution >= 0.6 is 0 Å². The van der Waals surface area contributed by atoms with Gasteiger partial charge in [-0.2, -0.15) is 0 Å². The van der Waals surface area contributed by atoms with Gasteiger partial charge in [0.25, 0.3) is 0 Å². The lowest BCUT2D eigenvalue weighted by molar-refractivity contribution is 0.342. The third-order valence-electron chi connectivity index (χ3n) is 3.45. The normalized spacial score (nSPS) is 20.8. The topological polar surface area (TPSA) is 88.3 Å². The predicted molar refractivity (Wildman–Crippen MR) is 74.1 cm³/mol. The monoisotopic (exact) mass is 284 g/mol. The summed E-state index contributed by atoms with van der Waals surface area (Å²) in [7, 11) is -3.48. The first-order chi connectivity index (χ1) is 9.01. The summed E-state index contributed by atoms with van der Waals surface area (Å²) >= 11 is 0. The molecule has 1 atom stereocenters. The largest absolute Gasteiger partial charge is 0.384 e. The first kappa shape index (κ1) is 14.2. The quantitative estimate of drug-likeness (QED) is 0.811. The lowest BCUT2D eigenvalue weighted by atomic mass is 10.1. The van der Waals surface area contributed by atoms with Gasteiger partial charge in [-0.15, -0.1) is 0 Å². The standard InChI is InChI=1S/C12H20N4O2S/c1-2-16-6-5-10(9-16)7-15-19(17,18)11-3-4-12(13)14-8-11/h3-4,8,10,15H,2,5-7,9H2,1H3,(H2,13,14). The van der Waals surface area contributed by atoms with E-state index in [1.54, 1.807) is 0 Å². The first-order valence-electron chi connectivity index (χ1n) is 6.45. The molecule has 0 bridgehead atoms. The Hall–Kier alpha value is -1.18. The van der Waals surface area contributed by atoms with Crippen molar-refractivity contribution in [2.45, 2.75) is 18.2 Å². The van der Waals surface area contributed by atoms with Gasteiger partial charge in [0.05, 0.1) is 0 Å². The summed E-state index contributed by atoms with van der Waals surface area (Å²) in [4.78, 5) is 6.28. The van der Waals surface area contributed by atoms with E-state index in [2.05, 4.69) is 21.5 Å². The summed E-state index contributed by atoms with van der Waals surface area (Å²) in [5.41, 5.74) is 5.44. The molecule has 1 fully saturated rings. The van der Waals surface area contributed by atoms with E-state index in [9.17, 15) is 8.42 Å². The Kier molecular flexibility index (Phi) is 4.38. The molecule has 1 aliphatic heterocycles. The molecule has 1 aromatic heterocycles. The Morgan fingerprint density at radius 1 is 1.53 bits per heavy atom. The summed E-state index contributed by atoms with van der Waals surface area (Å²) in [6.07, 6.45) is 2.32. The number of nitrogens with two attached hydrogens (primary N) is 1. The second kappa shape index (κ2) is 5.85. The molecule has 19 heavy (non-hydrogen) atoms. The van der Waals surface area contributed by atoms with Gasteiger partial charge in [0.1, 0.15) is 10.7 Å². The molecule has 1 aromatic rings. The third kappa shape index (κ3) is 3.65. The highest BCUT2D eigenvalue weighted by Crippen LogP contribution is 2.16. The number of nitrogen functional groups attached to an aromatic ring is 1. The Labute approximate surface area is 114 Å². The molecule has 0 amide bonds. The molecule has 0 aliphatic carbocycles.